The average molecular weight is 368 g/mol. The number of ether oxygens (including phenoxy) is 1. The van der Waals surface area contributed by atoms with Gasteiger partial charge < -0.3 is 19.2 Å². The molecule has 0 amide bonds. The van der Waals surface area contributed by atoms with Gasteiger partial charge in [-0.3, -0.25) is 0 Å². The van der Waals surface area contributed by atoms with Gasteiger partial charge in [-0.1, -0.05) is 30.3 Å². The Morgan fingerprint density at radius 3 is 2.22 bits per heavy atom. The lowest BCUT2D eigenvalue weighted by Gasteiger charge is -2.32. The largest absolute Gasteiger partial charge is 0.495 e. The first-order valence-electron chi connectivity index (χ1n) is 9.01. The Labute approximate surface area is 160 Å². The molecule has 2 aromatic carbocycles. The number of hydrogen-bond acceptors (Lipinski definition) is 4. The Hall–Kier alpha value is -2.31. The van der Waals surface area contributed by atoms with Crippen molar-refractivity contribution >= 4 is 18.6 Å². The molecule has 1 saturated heterocycles. The molecular formula is C21H25BO5. The van der Waals surface area contributed by atoms with Crippen LogP contribution < -0.4 is 10.2 Å². The Morgan fingerprint density at radius 1 is 1.07 bits per heavy atom. The van der Waals surface area contributed by atoms with Gasteiger partial charge in [0.2, 0.25) is 0 Å². The maximum Gasteiger partial charge on any atom is 0.495 e. The van der Waals surface area contributed by atoms with E-state index < -0.39 is 24.3 Å². The van der Waals surface area contributed by atoms with Crippen LogP contribution in [0, 0.1) is 6.92 Å². The van der Waals surface area contributed by atoms with E-state index in [1.165, 1.54) is 0 Å². The molecule has 3 rings (SSSR count). The maximum atomic E-state index is 11.6. The van der Waals surface area contributed by atoms with Crippen LogP contribution in [0.2, 0.25) is 0 Å². The number of hydrogen-bond donors (Lipinski definition) is 1. The van der Waals surface area contributed by atoms with E-state index in [2.05, 4.69) is 0 Å². The Morgan fingerprint density at radius 2 is 1.67 bits per heavy atom. The van der Waals surface area contributed by atoms with E-state index in [1.807, 2.05) is 65.0 Å². The third-order valence-electron chi connectivity index (χ3n) is 5.39. The van der Waals surface area contributed by atoms with Crippen molar-refractivity contribution in [3.8, 4) is 5.75 Å². The summed E-state index contributed by atoms with van der Waals surface area (Å²) in [7, 11) is -0.645. The molecule has 0 aromatic heterocycles. The highest BCUT2D eigenvalue weighted by Crippen LogP contribution is 2.37. The quantitative estimate of drug-likeness (QED) is 0.818. The van der Waals surface area contributed by atoms with Gasteiger partial charge in [0.25, 0.3) is 0 Å². The number of carboxylic acids is 1. The van der Waals surface area contributed by atoms with E-state index in [0.717, 1.165) is 11.1 Å². The number of rotatable bonds is 5. The van der Waals surface area contributed by atoms with Crippen LogP contribution in [0.3, 0.4) is 0 Å². The molecule has 0 radical (unpaired) electrons. The average Bonchev–Trinajstić information content (AvgIpc) is 2.82. The predicted molar refractivity (Wildman–Crippen MR) is 105 cm³/mol. The van der Waals surface area contributed by atoms with Crippen LogP contribution in [0.1, 0.15) is 49.2 Å². The predicted octanol–water partition coefficient (Wildman–Crippen LogP) is 3.57. The standard InChI is InChI=1S/C21H25BO5/c1-14-17(22-26-20(2,3)21(4,5)27-22)11-16(19(23)24)12-18(14)25-13-15-9-7-6-8-10-15/h6-12H,13H2,1-5H3,(H,23,24). The molecule has 0 atom stereocenters. The van der Waals surface area contributed by atoms with Crippen molar-refractivity contribution < 1.29 is 23.9 Å². The molecule has 0 aliphatic carbocycles. The maximum absolute atomic E-state index is 11.6. The minimum absolute atomic E-state index is 0.147. The summed E-state index contributed by atoms with van der Waals surface area (Å²) >= 11 is 0. The van der Waals surface area contributed by atoms with Crippen LogP contribution >= 0.6 is 0 Å². The fourth-order valence-corrected chi connectivity index (χ4v) is 2.93. The van der Waals surface area contributed by atoms with Crippen molar-refractivity contribution in [3.63, 3.8) is 0 Å². The summed E-state index contributed by atoms with van der Waals surface area (Å²) in [5.41, 5.74) is 1.64. The first-order valence-corrected chi connectivity index (χ1v) is 9.01. The zero-order valence-electron chi connectivity index (χ0n) is 16.4. The van der Waals surface area contributed by atoms with E-state index >= 15 is 0 Å². The van der Waals surface area contributed by atoms with Gasteiger partial charge >= 0.3 is 13.1 Å². The molecule has 1 fully saturated rings. The molecule has 142 valence electrons. The molecule has 1 heterocycles. The van der Waals surface area contributed by atoms with Crippen molar-refractivity contribution in [2.75, 3.05) is 0 Å². The van der Waals surface area contributed by atoms with Crippen molar-refractivity contribution in [2.45, 2.75) is 52.4 Å². The van der Waals surface area contributed by atoms with E-state index in [1.54, 1.807) is 12.1 Å². The van der Waals surface area contributed by atoms with Gasteiger partial charge in [0, 0.05) is 0 Å². The highest BCUT2D eigenvalue weighted by atomic mass is 16.7. The van der Waals surface area contributed by atoms with Crippen molar-refractivity contribution in [1.29, 1.82) is 0 Å². The van der Waals surface area contributed by atoms with Crippen molar-refractivity contribution in [1.82, 2.24) is 0 Å². The molecule has 2 aromatic rings. The number of benzene rings is 2. The Kier molecular flexibility index (Phi) is 5.06. The van der Waals surface area contributed by atoms with Crippen LogP contribution in [0.4, 0.5) is 0 Å². The molecule has 5 nitrogen and oxygen atoms in total. The van der Waals surface area contributed by atoms with Gasteiger partial charge in [-0.05, 0) is 63.3 Å². The van der Waals surface area contributed by atoms with Gasteiger partial charge in [0.05, 0.1) is 16.8 Å². The van der Waals surface area contributed by atoms with Gasteiger partial charge in [-0.2, -0.15) is 0 Å². The number of carboxylic acid groups (broad SMARTS) is 1. The van der Waals surface area contributed by atoms with E-state index in [4.69, 9.17) is 14.0 Å². The molecule has 0 spiro atoms. The van der Waals surface area contributed by atoms with Crippen molar-refractivity contribution in [2.24, 2.45) is 0 Å². The van der Waals surface area contributed by atoms with Crippen LogP contribution in [-0.4, -0.2) is 29.4 Å². The topological polar surface area (TPSA) is 65.0 Å². The molecule has 0 bridgehead atoms. The van der Waals surface area contributed by atoms with Gasteiger partial charge in [0.1, 0.15) is 12.4 Å². The molecule has 0 unspecified atom stereocenters. The minimum atomic E-state index is -1.02. The summed E-state index contributed by atoms with van der Waals surface area (Å²) in [5, 5.41) is 9.52. The Balaban J connectivity index is 1.95. The zero-order valence-corrected chi connectivity index (χ0v) is 16.4. The fraction of sp³-hybridized carbons (Fsp3) is 0.381. The summed E-state index contributed by atoms with van der Waals surface area (Å²) in [6.45, 7) is 10.1. The lowest BCUT2D eigenvalue weighted by Crippen LogP contribution is -2.41. The number of carbonyl (C=O) groups is 1. The van der Waals surface area contributed by atoms with Crippen LogP contribution in [-0.2, 0) is 15.9 Å². The number of aromatic carboxylic acids is 1. The SMILES string of the molecule is Cc1c(OCc2ccccc2)cc(C(=O)O)cc1B1OC(C)(C)C(C)(C)O1. The normalized spacial score (nSPS) is 17.7. The highest BCUT2D eigenvalue weighted by Gasteiger charge is 2.52. The van der Waals surface area contributed by atoms with E-state index in [9.17, 15) is 9.90 Å². The third-order valence-corrected chi connectivity index (χ3v) is 5.39. The molecule has 0 saturated carbocycles. The van der Waals surface area contributed by atoms with E-state index in [0.29, 0.717) is 17.8 Å². The summed E-state index contributed by atoms with van der Waals surface area (Å²) in [5.74, 6) is -0.499. The Bertz CT molecular complexity index is 829. The molecule has 27 heavy (non-hydrogen) atoms. The van der Waals surface area contributed by atoms with Crippen LogP contribution in [0.5, 0.6) is 5.75 Å². The smallest absolute Gasteiger partial charge is 0.489 e. The van der Waals surface area contributed by atoms with Gasteiger partial charge in [-0.15, -0.1) is 0 Å². The monoisotopic (exact) mass is 368 g/mol. The fourth-order valence-electron chi connectivity index (χ4n) is 2.93. The third kappa shape index (κ3) is 3.87. The first kappa shape index (κ1) is 19.5. The molecule has 1 aliphatic rings. The van der Waals surface area contributed by atoms with Crippen LogP contribution in [0.25, 0.3) is 0 Å². The summed E-state index contributed by atoms with van der Waals surface area (Å²) in [6, 6.07) is 12.9. The second kappa shape index (κ2) is 7.02. The zero-order chi connectivity index (χ0) is 19.8. The molecule has 1 N–H and O–H groups in total. The molecule has 6 heteroatoms. The minimum Gasteiger partial charge on any atom is -0.489 e. The first-order chi connectivity index (χ1) is 12.6. The van der Waals surface area contributed by atoms with Gasteiger partial charge in [0.15, 0.2) is 0 Å². The van der Waals surface area contributed by atoms with E-state index in [-0.39, 0.29) is 5.56 Å². The summed E-state index contributed by atoms with van der Waals surface area (Å²) in [4.78, 5) is 11.6. The van der Waals surface area contributed by atoms with Gasteiger partial charge in [-0.25, -0.2) is 4.79 Å². The highest BCUT2D eigenvalue weighted by molar-refractivity contribution is 6.62. The molecular weight excluding hydrogens is 343 g/mol. The molecule has 1 aliphatic heterocycles. The van der Waals surface area contributed by atoms with Crippen molar-refractivity contribution in [3.05, 3.63) is 59.2 Å². The second-order valence-electron chi connectivity index (χ2n) is 7.86. The summed E-state index contributed by atoms with van der Waals surface area (Å²) in [6.07, 6.45) is 0. The summed E-state index contributed by atoms with van der Waals surface area (Å²) < 4.78 is 18.2. The lowest BCUT2D eigenvalue weighted by molar-refractivity contribution is 0.00578. The second-order valence-corrected chi connectivity index (χ2v) is 7.86. The van der Waals surface area contributed by atoms with Crippen LogP contribution in [0.15, 0.2) is 42.5 Å². The lowest BCUT2D eigenvalue weighted by atomic mass is 9.75.